The van der Waals surface area contributed by atoms with Gasteiger partial charge in [0.1, 0.15) is 30.2 Å². The van der Waals surface area contributed by atoms with E-state index < -0.39 is 30.2 Å². The number of aliphatic hydroxyl groups is 5. The van der Waals surface area contributed by atoms with Gasteiger partial charge in [0.15, 0.2) is 6.29 Å². The molecule has 0 spiro atoms. The van der Waals surface area contributed by atoms with Crippen LogP contribution in [0.4, 0.5) is 0 Å². The minimum Gasteiger partial charge on any atom is -0.509 e. The molecular weight excluding hydrogens is 252 g/mol. The first kappa shape index (κ1) is 15.3. The molecule has 4 atom stereocenters. The van der Waals surface area contributed by atoms with E-state index in [-0.39, 0.29) is 6.29 Å². The normalized spacial score (nSPS) is 18.4. The molecule has 104 valence electrons. The van der Waals surface area contributed by atoms with Crippen molar-refractivity contribution in [1.29, 1.82) is 0 Å². The quantitative estimate of drug-likeness (QED) is 0.341. The Hall–Kier alpha value is -1.73. The Morgan fingerprint density at radius 2 is 1.58 bits per heavy atom. The Morgan fingerprint density at radius 1 is 1.00 bits per heavy atom. The molecule has 0 radical (unpaired) electrons. The molecule has 0 heterocycles. The van der Waals surface area contributed by atoms with E-state index >= 15 is 0 Å². The van der Waals surface area contributed by atoms with E-state index in [0.29, 0.717) is 5.56 Å². The van der Waals surface area contributed by atoms with Gasteiger partial charge in [0.25, 0.3) is 0 Å². The van der Waals surface area contributed by atoms with Gasteiger partial charge in [0.2, 0.25) is 0 Å². The number of rotatable bonds is 6. The number of hydrogen-bond donors (Lipinski definition) is 5. The molecule has 1 aromatic carbocycles. The highest BCUT2D eigenvalue weighted by Crippen LogP contribution is 2.13. The molecule has 5 N–H and O–H groups in total. The van der Waals surface area contributed by atoms with Gasteiger partial charge in [-0.05, 0) is 11.6 Å². The predicted molar refractivity (Wildman–Crippen MR) is 67.1 cm³/mol. The lowest BCUT2D eigenvalue weighted by Gasteiger charge is -2.23. The van der Waals surface area contributed by atoms with Crippen molar-refractivity contribution in [2.24, 2.45) is 0 Å². The summed E-state index contributed by atoms with van der Waals surface area (Å²) < 4.78 is 0. The lowest BCUT2D eigenvalue weighted by atomic mass is 10.0. The van der Waals surface area contributed by atoms with Crippen LogP contribution in [0.5, 0.6) is 0 Å². The third-order valence-electron chi connectivity index (χ3n) is 2.58. The maximum absolute atomic E-state index is 10.3. The van der Waals surface area contributed by atoms with E-state index in [4.69, 9.17) is 5.11 Å². The molecule has 0 amide bonds. The van der Waals surface area contributed by atoms with Crippen LogP contribution in [-0.4, -0.2) is 56.2 Å². The van der Waals surface area contributed by atoms with Crippen LogP contribution in [-0.2, 0) is 4.79 Å². The van der Waals surface area contributed by atoms with Crippen molar-refractivity contribution in [3.8, 4) is 0 Å². The van der Waals surface area contributed by atoms with E-state index in [9.17, 15) is 25.2 Å². The Morgan fingerprint density at radius 3 is 2.11 bits per heavy atom. The van der Waals surface area contributed by atoms with E-state index in [2.05, 4.69) is 0 Å². The Balaban J connectivity index is 2.79. The maximum atomic E-state index is 10.3. The second kappa shape index (κ2) is 7.01. The van der Waals surface area contributed by atoms with Crippen LogP contribution in [0.25, 0.3) is 6.08 Å². The molecule has 6 heteroatoms. The van der Waals surface area contributed by atoms with Crippen molar-refractivity contribution in [2.75, 3.05) is 0 Å². The highest BCUT2D eigenvalue weighted by atomic mass is 16.4. The van der Waals surface area contributed by atoms with Gasteiger partial charge >= 0.3 is 0 Å². The molecule has 1 aromatic rings. The molecule has 0 aliphatic carbocycles. The van der Waals surface area contributed by atoms with Gasteiger partial charge < -0.3 is 30.3 Å². The topological polar surface area (TPSA) is 118 Å². The fourth-order valence-electron chi connectivity index (χ4n) is 1.45. The van der Waals surface area contributed by atoms with Crippen LogP contribution in [0.3, 0.4) is 0 Å². The zero-order chi connectivity index (χ0) is 14.4. The predicted octanol–water partition coefficient (Wildman–Crippen LogP) is -0.772. The van der Waals surface area contributed by atoms with Gasteiger partial charge in [-0.25, -0.2) is 0 Å². The van der Waals surface area contributed by atoms with E-state index in [0.717, 1.165) is 0 Å². The van der Waals surface area contributed by atoms with Gasteiger partial charge in [-0.1, -0.05) is 30.3 Å². The largest absolute Gasteiger partial charge is 0.509 e. The minimum atomic E-state index is -1.89. The van der Waals surface area contributed by atoms with E-state index in [1.807, 2.05) is 0 Å². The highest BCUT2D eigenvalue weighted by Gasteiger charge is 2.32. The number of aldehydes is 1. The van der Waals surface area contributed by atoms with Crippen LogP contribution in [0.1, 0.15) is 5.56 Å². The summed E-state index contributed by atoms with van der Waals surface area (Å²) in [6.45, 7) is 0. The molecule has 0 fully saturated rings. The molecule has 0 saturated heterocycles. The number of benzene rings is 1. The molecule has 0 saturated carbocycles. The summed E-state index contributed by atoms with van der Waals surface area (Å²) in [5.74, 6) is -0.587. The fraction of sp³-hybridized carbons (Fsp3) is 0.308. The summed E-state index contributed by atoms with van der Waals surface area (Å²) in [7, 11) is 0. The first-order valence-corrected chi connectivity index (χ1v) is 5.60. The monoisotopic (exact) mass is 268 g/mol. The van der Waals surface area contributed by atoms with Crippen LogP contribution in [0.2, 0.25) is 0 Å². The average Bonchev–Trinajstić information content (AvgIpc) is 2.44. The fourth-order valence-corrected chi connectivity index (χ4v) is 1.45. The van der Waals surface area contributed by atoms with Crippen LogP contribution < -0.4 is 0 Å². The number of carbonyl (C=O) groups is 1. The number of carbonyl (C=O) groups excluding carboxylic acids is 1. The minimum absolute atomic E-state index is 0.0264. The standard InChI is InChI=1S/C13H16O6/c14-7-10(16)12(18)13(19)11(17)9(15)6-8-4-2-1-3-5-8/h1-7,10-13,15-19H/t10-,11+,12+,13-/m0/s1. The van der Waals surface area contributed by atoms with Crippen molar-refractivity contribution in [3.63, 3.8) is 0 Å². The zero-order valence-corrected chi connectivity index (χ0v) is 10.00. The van der Waals surface area contributed by atoms with Gasteiger partial charge in [-0.15, -0.1) is 0 Å². The van der Waals surface area contributed by atoms with Crippen molar-refractivity contribution >= 4 is 12.4 Å². The molecule has 0 aromatic heterocycles. The van der Waals surface area contributed by atoms with Gasteiger partial charge in [0.05, 0.1) is 0 Å². The van der Waals surface area contributed by atoms with Crippen molar-refractivity contribution < 1.29 is 30.3 Å². The third kappa shape index (κ3) is 4.15. The Bertz CT molecular complexity index is 430. The number of hydrogen-bond acceptors (Lipinski definition) is 6. The van der Waals surface area contributed by atoms with E-state index in [1.165, 1.54) is 6.08 Å². The van der Waals surface area contributed by atoms with Crippen LogP contribution >= 0.6 is 0 Å². The first-order chi connectivity index (χ1) is 8.97. The molecule has 0 unspecified atom stereocenters. The summed E-state index contributed by atoms with van der Waals surface area (Å²) in [5, 5.41) is 47.1. The van der Waals surface area contributed by atoms with Crippen molar-refractivity contribution in [3.05, 3.63) is 41.7 Å². The molecule has 0 aliphatic rings. The number of aliphatic hydroxyl groups excluding tert-OH is 5. The van der Waals surface area contributed by atoms with Crippen LogP contribution in [0, 0.1) is 0 Å². The first-order valence-electron chi connectivity index (χ1n) is 5.60. The van der Waals surface area contributed by atoms with Crippen LogP contribution in [0.15, 0.2) is 36.1 Å². The summed E-state index contributed by atoms with van der Waals surface area (Å²) in [4.78, 5) is 10.3. The highest BCUT2D eigenvalue weighted by molar-refractivity contribution is 5.57. The molecule has 6 nitrogen and oxygen atoms in total. The van der Waals surface area contributed by atoms with Gasteiger partial charge in [-0.3, -0.25) is 0 Å². The Kier molecular flexibility index (Phi) is 5.65. The SMILES string of the molecule is O=C[C@H](O)[C@@H](O)[C@@H](O)[C@H](O)C(O)=Cc1ccccc1. The summed E-state index contributed by atoms with van der Waals surface area (Å²) in [6, 6.07) is 8.52. The molecule has 0 aliphatic heterocycles. The zero-order valence-electron chi connectivity index (χ0n) is 10.00. The molecule has 19 heavy (non-hydrogen) atoms. The van der Waals surface area contributed by atoms with Crippen molar-refractivity contribution in [2.45, 2.75) is 24.4 Å². The summed E-state index contributed by atoms with van der Waals surface area (Å²) in [6.07, 6.45) is -6.20. The maximum Gasteiger partial charge on any atom is 0.151 e. The molecular formula is C13H16O6. The second-order valence-corrected chi connectivity index (χ2v) is 4.03. The smallest absolute Gasteiger partial charge is 0.151 e. The second-order valence-electron chi connectivity index (χ2n) is 4.03. The molecule has 1 rings (SSSR count). The lowest BCUT2D eigenvalue weighted by molar-refractivity contribution is -0.132. The Labute approximate surface area is 109 Å². The lowest BCUT2D eigenvalue weighted by Crippen LogP contribution is -2.45. The van der Waals surface area contributed by atoms with E-state index in [1.54, 1.807) is 30.3 Å². The third-order valence-corrected chi connectivity index (χ3v) is 2.58. The summed E-state index contributed by atoms with van der Waals surface area (Å²) >= 11 is 0. The molecule has 0 bridgehead atoms. The van der Waals surface area contributed by atoms with Gasteiger partial charge in [-0.2, -0.15) is 0 Å². The van der Waals surface area contributed by atoms with Crippen molar-refractivity contribution in [1.82, 2.24) is 0 Å². The average molecular weight is 268 g/mol. The van der Waals surface area contributed by atoms with Gasteiger partial charge in [0, 0.05) is 0 Å². The summed E-state index contributed by atoms with van der Waals surface area (Å²) in [5.41, 5.74) is 0.580.